The minimum absolute atomic E-state index is 0.333. The molecule has 0 aromatic heterocycles. The molecule has 0 amide bonds. The van der Waals surface area contributed by atoms with Gasteiger partial charge in [0.1, 0.15) is 6.10 Å². The molecule has 1 atom stereocenters. The van der Waals surface area contributed by atoms with Gasteiger partial charge in [0.2, 0.25) is 0 Å². The molecular weight excluding hydrogens is 300 g/mol. The van der Waals surface area contributed by atoms with Gasteiger partial charge < -0.3 is 22.8 Å². The van der Waals surface area contributed by atoms with Crippen molar-refractivity contribution in [2.45, 2.75) is 25.5 Å². The first-order valence-corrected chi connectivity index (χ1v) is 9.45. The molecule has 0 spiro atoms. The van der Waals surface area contributed by atoms with Crippen molar-refractivity contribution in [3.8, 4) is 0 Å². The minimum atomic E-state index is -2.39. The first-order valence-electron chi connectivity index (χ1n) is 7.52. The Balaban J connectivity index is 0.000000287. The van der Waals surface area contributed by atoms with E-state index in [1.165, 1.54) is 5.56 Å². The van der Waals surface area contributed by atoms with E-state index in [4.69, 9.17) is 22.8 Å². The van der Waals surface area contributed by atoms with Gasteiger partial charge in [0.15, 0.2) is 0 Å². The lowest BCUT2D eigenvalue weighted by molar-refractivity contribution is 0.100. The molecule has 1 aliphatic heterocycles. The zero-order valence-corrected chi connectivity index (χ0v) is 15.0. The van der Waals surface area contributed by atoms with Gasteiger partial charge in [-0.1, -0.05) is 35.9 Å². The van der Waals surface area contributed by atoms with Crippen LogP contribution in [0.5, 0.6) is 0 Å². The Bertz CT molecular complexity index is 371. The summed E-state index contributed by atoms with van der Waals surface area (Å²) in [6.07, 6.45) is 1.22. The number of hydrogen-bond acceptors (Lipinski definition) is 5. The summed E-state index contributed by atoms with van der Waals surface area (Å²) in [4.78, 5) is 0. The summed E-state index contributed by atoms with van der Waals surface area (Å²) in [6.45, 7) is 4.32. The molecule has 1 saturated heterocycles. The molecule has 0 saturated carbocycles. The molecule has 22 heavy (non-hydrogen) atoms. The molecule has 5 nitrogen and oxygen atoms in total. The first-order chi connectivity index (χ1) is 10.7. The van der Waals surface area contributed by atoms with Gasteiger partial charge in [-0.05, 0) is 13.3 Å². The van der Waals surface area contributed by atoms with Gasteiger partial charge in [-0.3, -0.25) is 0 Å². The molecular formula is C16H28O5Si. The van der Waals surface area contributed by atoms with Crippen molar-refractivity contribution in [3.05, 3.63) is 35.9 Å². The molecule has 0 bridgehead atoms. The van der Waals surface area contributed by atoms with Crippen molar-refractivity contribution in [1.82, 2.24) is 0 Å². The van der Waals surface area contributed by atoms with Crippen molar-refractivity contribution in [1.29, 1.82) is 0 Å². The predicted octanol–water partition coefficient (Wildman–Crippen LogP) is 2.67. The predicted molar refractivity (Wildman–Crippen MR) is 87.9 cm³/mol. The summed E-state index contributed by atoms with van der Waals surface area (Å²) in [5.41, 5.74) is 1.32. The lowest BCUT2D eigenvalue weighted by atomic mass is 10.2. The highest BCUT2D eigenvalue weighted by molar-refractivity contribution is 6.60. The fourth-order valence-electron chi connectivity index (χ4n) is 1.86. The van der Waals surface area contributed by atoms with E-state index in [0.29, 0.717) is 19.3 Å². The maximum Gasteiger partial charge on any atom is 0.500 e. The van der Waals surface area contributed by atoms with E-state index in [9.17, 15) is 0 Å². The SMILES string of the molecule is CO[Si](CCCOCC1CO1)(OC)OC.Cc1ccccc1. The van der Waals surface area contributed by atoms with Crippen LogP contribution in [-0.2, 0) is 22.8 Å². The second-order valence-corrected chi connectivity index (χ2v) is 8.17. The molecule has 1 unspecified atom stereocenters. The van der Waals surface area contributed by atoms with Crippen molar-refractivity contribution in [2.24, 2.45) is 0 Å². The van der Waals surface area contributed by atoms with Gasteiger partial charge in [-0.25, -0.2) is 0 Å². The van der Waals surface area contributed by atoms with Crippen molar-refractivity contribution in [2.75, 3.05) is 41.2 Å². The van der Waals surface area contributed by atoms with Crippen molar-refractivity contribution < 1.29 is 22.8 Å². The number of benzene rings is 1. The first kappa shape index (κ1) is 19.3. The van der Waals surface area contributed by atoms with Crippen LogP contribution in [0.4, 0.5) is 0 Å². The molecule has 0 radical (unpaired) electrons. The Morgan fingerprint density at radius 2 is 1.68 bits per heavy atom. The van der Waals surface area contributed by atoms with Crippen molar-refractivity contribution in [3.63, 3.8) is 0 Å². The van der Waals surface area contributed by atoms with Gasteiger partial charge in [0.05, 0.1) is 13.2 Å². The third-order valence-electron chi connectivity index (χ3n) is 3.35. The number of epoxide rings is 1. The number of rotatable bonds is 9. The highest BCUT2D eigenvalue weighted by atomic mass is 28.4. The Morgan fingerprint density at radius 1 is 1.09 bits per heavy atom. The Hall–Kier alpha value is -0.763. The monoisotopic (exact) mass is 328 g/mol. The molecule has 1 aromatic carbocycles. The Labute approximate surface area is 134 Å². The summed E-state index contributed by atoms with van der Waals surface area (Å²) in [7, 11) is 2.48. The second-order valence-electron chi connectivity index (χ2n) is 5.08. The molecule has 0 aliphatic carbocycles. The fourth-order valence-corrected chi connectivity index (χ4v) is 3.55. The maximum atomic E-state index is 5.42. The molecule has 1 aromatic rings. The number of hydrogen-bond donors (Lipinski definition) is 0. The third-order valence-corrected chi connectivity index (χ3v) is 6.18. The van der Waals surface area contributed by atoms with Gasteiger partial charge in [0, 0.05) is 34.0 Å². The van der Waals surface area contributed by atoms with Crippen LogP contribution in [0, 0.1) is 6.92 Å². The molecule has 1 heterocycles. The van der Waals surface area contributed by atoms with E-state index in [1.807, 2.05) is 18.2 Å². The van der Waals surface area contributed by atoms with Crippen LogP contribution in [0.3, 0.4) is 0 Å². The minimum Gasteiger partial charge on any atom is -0.379 e. The van der Waals surface area contributed by atoms with Gasteiger partial charge >= 0.3 is 8.80 Å². The normalized spacial score (nSPS) is 16.8. The van der Waals surface area contributed by atoms with Crippen molar-refractivity contribution >= 4 is 8.80 Å². The van der Waals surface area contributed by atoms with Crippen LogP contribution in [0.2, 0.25) is 6.04 Å². The number of ether oxygens (including phenoxy) is 2. The molecule has 2 rings (SSSR count). The van der Waals surface area contributed by atoms with Crippen LogP contribution in [0.25, 0.3) is 0 Å². The smallest absolute Gasteiger partial charge is 0.379 e. The number of aryl methyl sites for hydroxylation is 1. The Kier molecular flexibility index (Phi) is 9.54. The standard InChI is InChI=1S/C9H20O5Si.C7H8/c1-10-15(11-2,12-3)6-4-5-13-7-9-8-14-9;1-7-5-3-2-4-6-7/h9H,4-8H2,1-3H3;2-6H,1H3. The van der Waals surface area contributed by atoms with Gasteiger partial charge in [-0.2, -0.15) is 0 Å². The molecule has 126 valence electrons. The van der Waals surface area contributed by atoms with E-state index < -0.39 is 8.80 Å². The average molecular weight is 328 g/mol. The zero-order valence-electron chi connectivity index (χ0n) is 14.0. The van der Waals surface area contributed by atoms with Gasteiger partial charge in [-0.15, -0.1) is 0 Å². The second kappa shape index (κ2) is 10.9. The molecule has 0 N–H and O–H groups in total. The van der Waals surface area contributed by atoms with Crippen LogP contribution in [-0.4, -0.2) is 56.1 Å². The lowest BCUT2D eigenvalue weighted by Gasteiger charge is -2.24. The summed E-state index contributed by atoms with van der Waals surface area (Å²) in [5, 5.41) is 0. The van der Waals surface area contributed by atoms with E-state index in [-0.39, 0.29) is 0 Å². The lowest BCUT2D eigenvalue weighted by Crippen LogP contribution is -2.42. The molecule has 6 heteroatoms. The molecule has 1 aliphatic rings. The summed E-state index contributed by atoms with van der Waals surface area (Å²) in [5.74, 6) is 0. The van der Waals surface area contributed by atoms with E-state index in [1.54, 1.807) is 21.3 Å². The third kappa shape index (κ3) is 8.02. The largest absolute Gasteiger partial charge is 0.500 e. The highest BCUT2D eigenvalue weighted by Crippen LogP contribution is 2.15. The van der Waals surface area contributed by atoms with Crippen LogP contribution >= 0.6 is 0 Å². The highest BCUT2D eigenvalue weighted by Gasteiger charge is 2.36. The topological polar surface area (TPSA) is 49.5 Å². The van der Waals surface area contributed by atoms with Crippen LogP contribution in [0.15, 0.2) is 30.3 Å². The van der Waals surface area contributed by atoms with Gasteiger partial charge in [0.25, 0.3) is 0 Å². The van der Waals surface area contributed by atoms with Crippen LogP contribution < -0.4 is 0 Å². The zero-order chi connectivity index (χ0) is 16.3. The van der Waals surface area contributed by atoms with E-state index in [0.717, 1.165) is 19.1 Å². The van der Waals surface area contributed by atoms with Crippen LogP contribution in [0.1, 0.15) is 12.0 Å². The van der Waals surface area contributed by atoms with E-state index >= 15 is 0 Å². The Morgan fingerprint density at radius 3 is 2.09 bits per heavy atom. The summed E-state index contributed by atoms with van der Waals surface area (Å²) in [6, 6.07) is 11.0. The van der Waals surface area contributed by atoms with E-state index in [2.05, 4.69) is 19.1 Å². The maximum absolute atomic E-state index is 5.42. The fraction of sp³-hybridized carbons (Fsp3) is 0.625. The quantitative estimate of drug-likeness (QED) is 0.396. The summed E-state index contributed by atoms with van der Waals surface area (Å²) < 4.78 is 26.3. The average Bonchev–Trinajstić information content (AvgIpc) is 3.37. The summed E-state index contributed by atoms with van der Waals surface area (Å²) >= 11 is 0. The molecule has 1 fully saturated rings.